The van der Waals surface area contributed by atoms with Crippen molar-refractivity contribution in [3.63, 3.8) is 0 Å². The maximum absolute atomic E-state index is 10.5. The fraction of sp³-hybridized carbons (Fsp3) is 0. The first-order valence-electron chi connectivity index (χ1n) is 4.24. The second kappa shape index (κ2) is 4.16. The Balaban J connectivity index is 2.48. The molecule has 0 spiro atoms. The van der Waals surface area contributed by atoms with Gasteiger partial charge in [-0.15, -0.1) is 11.3 Å². The molecule has 15 heavy (non-hydrogen) atoms. The number of carbonyl (C=O) groups excluding carboxylic acids is 1. The van der Waals surface area contributed by atoms with E-state index in [-0.39, 0.29) is 5.75 Å². The van der Waals surface area contributed by atoms with Gasteiger partial charge in [-0.1, -0.05) is 15.9 Å². The van der Waals surface area contributed by atoms with Crippen molar-refractivity contribution in [2.45, 2.75) is 0 Å². The first-order valence-corrected chi connectivity index (χ1v) is 5.85. The van der Waals surface area contributed by atoms with Gasteiger partial charge in [-0.2, -0.15) is 0 Å². The fourth-order valence-electron chi connectivity index (χ4n) is 1.29. The average molecular weight is 283 g/mol. The van der Waals surface area contributed by atoms with E-state index in [4.69, 9.17) is 0 Å². The van der Waals surface area contributed by atoms with Crippen LogP contribution < -0.4 is 0 Å². The first kappa shape index (κ1) is 10.4. The summed E-state index contributed by atoms with van der Waals surface area (Å²) in [5, 5.41) is 9.42. The summed E-state index contributed by atoms with van der Waals surface area (Å²) >= 11 is 4.71. The van der Waals surface area contributed by atoms with Gasteiger partial charge in [0.05, 0.1) is 4.88 Å². The SMILES string of the molecule is O=Cc1ccc(-c2cc(O)cc(Br)c2)s1. The van der Waals surface area contributed by atoms with Crippen LogP contribution in [0.5, 0.6) is 5.75 Å². The van der Waals surface area contributed by atoms with Crippen molar-refractivity contribution in [1.29, 1.82) is 0 Å². The summed E-state index contributed by atoms with van der Waals surface area (Å²) in [7, 11) is 0. The molecule has 1 N–H and O–H groups in total. The summed E-state index contributed by atoms with van der Waals surface area (Å²) in [5.41, 5.74) is 0.903. The quantitative estimate of drug-likeness (QED) is 0.853. The van der Waals surface area contributed by atoms with Crippen molar-refractivity contribution in [2.24, 2.45) is 0 Å². The highest BCUT2D eigenvalue weighted by Gasteiger charge is 2.04. The van der Waals surface area contributed by atoms with Crippen LogP contribution in [-0.4, -0.2) is 11.4 Å². The Morgan fingerprint density at radius 1 is 1.27 bits per heavy atom. The molecule has 0 aliphatic rings. The average Bonchev–Trinajstić information content (AvgIpc) is 2.64. The number of aromatic hydroxyl groups is 1. The maximum Gasteiger partial charge on any atom is 0.160 e. The lowest BCUT2D eigenvalue weighted by molar-refractivity contribution is 0.112. The van der Waals surface area contributed by atoms with E-state index < -0.39 is 0 Å². The maximum atomic E-state index is 10.5. The Morgan fingerprint density at radius 2 is 2.07 bits per heavy atom. The van der Waals surface area contributed by atoms with Crippen LogP contribution in [0.15, 0.2) is 34.8 Å². The molecule has 1 aromatic heterocycles. The van der Waals surface area contributed by atoms with Crippen LogP contribution in [0, 0.1) is 0 Å². The van der Waals surface area contributed by atoms with Crippen LogP contribution in [0.3, 0.4) is 0 Å². The molecule has 0 saturated carbocycles. The third-order valence-electron chi connectivity index (χ3n) is 1.91. The molecule has 2 nitrogen and oxygen atoms in total. The van der Waals surface area contributed by atoms with Crippen molar-refractivity contribution in [3.8, 4) is 16.2 Å². The molecule has 2 aromatic rings. The summed E-state index contributed by atoms with van der Waals surface area (Å²) in [6, 6.07) is 8.84. The summed E-state index contributed by atoms with van der Waals surface area (Å²) < 4.78 is 0.818. The van der Waals surface area contributed by atoms with Gasteiger partial charge in [-0.25, -0.2) is 0 Å². The van der Waals surface area contributed by atoms with Crippen LogP contribution in [0.2, 0.25) is 0 Å². The van der Waals surface area contributed by atoms with E-state index in [1.807, 2.05) is 12.1 Å². The molecule has 1 heterocycles. The Kier molecular flexibility index (Phi) is 2.88. The van der Waals surface area contributed by atoms with E-state index in [0.717, 1.165) is 21.2 Å². The lowest BCUT2D eigenvalue weighted by atomic mass is 10.2. The molecule has 4 heteroatoms. The third kappa shape index (κ3) is 2.27. The number of carbonyl (C=O) groups is 1. The van der Waals surface area contributed by atoms with E-state index in [9.17, 15) is 9.90 Å². The molecule has 1 aromatic carbocycles. The molecule has 0 saturated heterocycles. The molecule has 0 fully saturated rings. The van der Waals surface area contributed by atoms with E-state index in [0.29, 0.717) is 4.88 Å². The normalized spacial score (nSPS) is 10.2. The van der Waals surface area contributed by atoms with Crippen molar-refractivity contribution in [1.82, 2.24) is 0 Å². The summed E-state index contributed by atoms with van der Waals surface area (Å²) in [6.07, 6.45) is 0.825. The number of rotatable bonds is 2. The zero-order chi connectivity index (χ0) is 10.8. The van der Waals surface area contributed by atoms with Crippen molar-refractivity contribution < 1.29 is 9.90 Å². The number of thiophene rings is 1. The Bertz CT molecular complexity index is 485. The summed E-state index contributed by atoms with van der Waals surface area (Å²) in [6.45, 7) is 0. The second-order valence-electron chi connectivity index (χ2n) is 3.02. The highest BCUT2D eigenvalue weighted by atomic mass is 79.9. The number of aldehydes is 1. The van der Waals surface area contributed by atoms with Gasteiger partial charge in [0.15, 0.2) is 6.29 Å². The largest absolute Gasteiger partial charge is 0.508 e. The molecule has 0 radical (unpaired) electrons. The molecule has 0 atom stereocenters. The molecule has 76 valence electrons. The monoisotopic (exact) mass is 282 g/mol. The number of hydrogen-bond donors (Lipinski definition) is 1. The molecule has 0 aliphatic heterocycles. The molecular formula is C11H7BrO2S. The van der Waals surface area contributed by atoms with Gasteiger partial charge < -0.3 is 5.11 Å². The smallest absolute Gasteiger partial charge is 0.160 e. The van der Waals surface area contributed by atoms with Crippen LogP contribution >= 0.6 is 27.3 Å². The van der Waals surface area contributed by atoms with Crippen LogP contribution in [0.1, 0.15) is 9.67 Å². The zero-order valence-electron chi connectivity index (χ0n) is 7.61. The van der Waals surface area contributed by atoms with Crippen LogP contribution in [0.25, 0.3) is 10.4 Å². The molecule has 0 amide bonds. The lowest BCUT2D eigenvalue weighted by Crippen LogP contribution is -1.73. The first-order chi connectivity index (χ1) is 7.19. The van der Waals surface area contributed by atoms with Crippen molar-refractivity contribution >= 4 is 33.6 Å². The van der Waals surface area contributed by atoms with Crippen molar-refractivity contribution in [2.75, 3.05) is 0 Å². The number of phenolic OH excluding ortho intramolecular Hbond substituents is 1. The Morgan fingerprint density at radius 3 is 2.67 bits per heavy atom. The standard InChI is InChI=1S/C11H7BrO2S/c12-8-3-7(4-9(14)5-8)11-2-1-10(6-13)15-11/h1-6,14H. The summed E-state index contributed by atoms with van der Waals surface area (Å²) in [4.78, 5) is 12.2. The molecular weight excluding hydrogens is 276 g/mol. The van der Waals surface area contributed by atoms with Crippen LogP contribution in [0.4, 0.5) is 0 Å². The van der Waals surface area contributed by atoms with Gasteiger partial charge in [0.1, 0.15) is 5.75 Å². The van der Waals surface area contributed by atoms with E-state index in [2.05, 4.69) is 15.9 Å². The Hall–Kier alpha value is -1.13. The fourth-order valence-corrected chi connectivity index (χ4v) is 2.58. The highest BCUT2D eigenvalue weighted by Crippen LogP contribution is 2.32. The predicted octanol–water partition coefficient (Wildman–Crippen LogP) is 3.70. The van der Waals surface area contributed by atoms with Gasteiger partial charge in [-0.3, -0.25) is 4.79 Å². The van der Waals surface area contributed by atoms with E-state index in [1.165, 1.54) is 11.3 Å². The molecule has 0 unspecified atom stereocenters. The second-order valence-corrected chi connectivity index (χ2v) is 5.05. The number of halogens is 1. The lowest BCUT2D eigenvalue weighted by Gasteiger charge is -1.99. The van der Waals surface area contributed by atoms with E-state index in [1.54, 1.807) is 18.2 Å². The Labute approximate surface area is 99.3 Å². The topological polar surface area (TPSA) is 37.3 Å². The predicted molar refractivity (Wildman–Crippen MR) is 64.5 cm³/mol. The van der Waals surface area contributed by atoms with Gasteiger partial charge >= 0.3 is 0 Å². The third-order valence-corrected chi connectivity index (χ3v) is 3.43. The minimum atomic E-state index is 0.209. The van der Waals surface area contributed by atoms with Gasteiger partial charge in [0, 0.05) is 9.35 Å². The number of phenols is 1. The van der Waals surface area contributed by atoms with Crippen molar-refractivity contribution in [3.05, 3.63) is 39.7 Å². The number of benzene rings is 1. The van der Waals surface area contributed by atoms with Gasteiger partial charge in [0.25, 0.3) is 0 Å². The molecule has 0 aliphatic carbocycles. The van der Waals surface area contributed by atoms with E-state index >= 15 is 0 Å². The zero-order valence-corrected chi connectivity index (χ0v) is 10.0. The minimum Gasteiger partial charge on any atom is -0.508 e. The number of hydrogen-bond acceptors (Lipinski definition) is 3. The molecule has 2 rings (SSSR count). The summed E-state index contributed by atoms with van der Waals surface area (Å²) in [5.74, 6) is 0.209. The van der Waals surface area contributed by atoms with Gasteiger partial charge in [0.2, 0.25) is 0 Å². The van der Waals surface area contributed by atoms with Gasteiger partial charge in [-0.05, 0) is 35.9 Å². The molecule has 0 bridgehead atoms. The highest BCUT2D eigenvalue weighted by molar-refractivity contribution is 9.10. The van der Waals surface area contributed by atoms with Crippen LogP contribution in [-0.2, 0) is 0 Å². The minimum absolute atomic E-state index is 0.209.